The number of methoxy groups -OCH3 is 1. The van der Waals surface area contributed by atoms with Crippen LogP contribution in [0.4, 0.5) is 11.4 Å². The van der Waals surface area contributed by atoms with Crippen LogP contribution in [-0.4, -0.2) is 21.4 Å². The van der Waals surface area contributed by atoms with Gasteiger partial charge in [-0.1, -0.05) is 36.4 Å². The van der Waals surface area contributed by atoms with Gasteiger partial charge in [-0.15, -0.1) is 0 Å². The Morgan fingerprint density at radius 1 is 0.931 bits per heavy atom. The summed E-state index contributed by atoms with van der Waals surface area (Å²) >= 11 is 0. The topological polar surface area (TPSA) is 84.5 Å². The third-order valence-corrected chi connectivity index (χ3v) is 5.69. The van der Waals surface area contributed by atoms with Crippen molar-refractivity contribution in [2.75, 3.05) is 17.1 Å². The maximum absolute atomic E-state index is 12.5. The van der Waals surface area contributed by atoms with Gasteiger partial charge in [0, 0.05) is 5.69 Å². The molecule has 0 saturated carbocycles. The van der Waals surface area contributed by atoms with Crippen molar-refractivity contribution in [1.82, 2.24) is 0 Å². The lowest BCUT2D eigenvalue weighted by Gasteiger charge is -2.11. The first kappa shape index (κ1) is 20.4. The number of anilines is 2. The average molecular weight is 410 g/mol. The molecule has 29 heavy (non-hydrogen) atoms. The zero-order chi connectivity index (χ0) is 20.9. The van der Waals surface area contributed by atoms with Crippen LogP contribution >= 0.6 is 0 Å². The molecule has 3 rings (SSSR count). The van der Waals surface area contributed by atoms with Gasteiger partial charge in [0.2, 0.25) is 5.91 Å². The van der Waals surface area contributed by atoms with Crippen LogP contribution in [0, 0.1) is 6.92 Å². The highest BCUT2D eigenvalue weighted by molar-refractivity contribution is 7.92. The summed E-state index contributed by atoms with van der Waals surface area (Å²) in [7, 11) is -2.10. The molecule has 3 aromatic carbocycles. The number of aryl methyl sites for hydroxylation is 1. The van der Waals surface area contributed by atoms with E-state index < -0.39 is 10.0 Å². The van der Waals surface area contributed by atoms with Crippen molar-refractivity contribution >= 4 is 27.3 Å². The van der Waals surface area contributed by atoms with Crippen LogP contribution in [0.25, 0.3) is 0 Å². The SMILES string of the molecule is COc1cc(CC(=O)Nc2cccc(NS(=O)(=O)c3ccccc3)c2)ccc1C. The van der Waals surface area contributed by atoms with Crippen molar-refractivity contribution in [3.63, 3.8) is 0 Å². The van der Waals surface area contributed by atoms with Gasteiger partial charge in [-0.25, -0.2) is 8.42 Å². The Balaban J connectivity index is 1.69. The van der Waals surface area contributed by atoms with E-state index in [1.54, 1.807) is 49.6 Å². The number of benzene rings is 3. The molecule has 150 valence electrons. The number of hydrogen-bond acceptors (Lipinski definition) is 4. The number of amides is 1. The van der Waals surface area contributed by atoms with Crippen LogP contribution < -0.4 is 14.8 Å². The molecule has 1 amide bonds. The smallest absolute Gasteiger partial charge is 0.261 e. The summed E-state index contributed by atoms with van der Waals surface area (Å²) in [5.41, 5.74) is 2.69. The van der Waals surface area contributed by atoms with E-state index in [1.165, 1.54) is 12.1 Å². The van der Waals surface area contributed by atoms with Crippen LogP contribution in [0.3, 0.4) is 0 Å². The number of sulfonamides is 1. The molecule has 0 saturated heterocycles. The van der Waals surface area contributed by atoms with Crippen molar-refractivity contribution < 1.29 is 17.9 Å². The largest absolute Gasteiger partial charge is 0.496 e. The lowest BCUT2D eigenvalue weighted by molar-refractivity contribution is -0.115. The van der Waals surface area contributed by atoms with E-state index in [0.29, 0.717) is 11.4 Å². The third kappa shape index (κ3) is 5.36. The number of carbonyl (C=O) groups excluding carboxylic acids is 1. The molecule has 0 aliphatic heterocycles. The second kappa shape index (κ2) is 8.79. The molecule has 0 atom stereocenters. The van der Waals surface area contributed by atoms with Gasteiger partial charge in [-0.3, -0.25) is 9.52 Å². The molecular weight excluding hydrogens is 388 g/mol. The van der Waals surface area contributed by atoms with Crippen LogP contribution in [-0.2, 0) is 21.2 Å². The van der Waals surface area contributed by atoms with E-state index in [1.807, 2.05) is 25.1 Å². The van der Waals surface area contributed by atoms with E-state index in [2.05, 4.69) is 10.0 Å². The lowest BCUT2D eigenvalue weighted by Crippen LogP contribution is -2.15. The minimum atomic E-state index is -3.70. The second-order valence-corrected chi connectivity index (χ2v) is 8.21. The van der Waals surface area contributed by atoms with Gasteiger partial charge >= 0.3 is 0 Å². The first-order valence-corrected chi connectivity index (χ1v) is 10.5. The Morgan fingerprint density at radius 2 is 1.66 bits per heavy atom. The molecule has 0 spiro atoms. The quantitative estimate of drug-likeness (QED) is 0.617. The predicted octanol–water partition coefficient (Wildman–Crippen LogP) is 3.99. The van der Waals surface area contributed by atoms with Gasteiger partial charge in [0.1, 0.15) is 5.75 Å². The summed E-state index contributed by atoms with van der Waals surface area (Å²) in [6.45, 7) is 1.94. The van der Waals surface area contributed by atoms with E-state index in [-0.39, 0.29) is 17.2 Å². The minimum absolute atomic E-state index is 0.169. The average Bonchev–Trinajstić information content (AvgIpc) is 2.70. The summed E-state index contributed by atoms with van der Waals surface area (Å²) in [5, 5.41) is 2.79. The zero-order valence-electron chi connectivity index (χ0n) is 16.2. The number of carbonyl (C=O) groups is 1. The molecule has 0 aromatic heterocycles. The van der Waals surface area contributed by atoms with Gasteiger partial charge in [0.25, 0.3) is 10.0 Å². The Hall–Kier alpha value is -3.32. The molecule has 0 bridgehead atoms. The number of hydrogen-bond donors (Lipinski definition) is 2. The van der Waals surface area contributed by atoms with E-state index in [4.69, 9.17) is 4.74 Å². The van der Waals surface area contributed by atoms with Crippen LogP contribution in [0.2, 0.25) is 0 Å². The molecule has 2 N–H and O–H groups in total. The van der Waals surface area contributed by atoms with Crippen LogP contribution in [0.1, 0.15) is 11.1 Å². The Labute approximate surface area is 170 Å². The van der Waals surface area contributed by atoms with Crippen molar-refractivity contribution in [3.05, 3.63) is 83.9 Å². The van der Waals surface area contributed by atoms with Gasteiger partial charge < -0.3 is 10.1 Å². The zero-order valence-corrected chi connectivity index (χ0v) is 17.0. The lowest BCUT2D eigenvalue weighted by atomic mass is 10.1. The summed E-state index contributed by atoms with van der Waals surface area (Å²) < 4.78 is 32.7. The molecule has 0 aliphatic carbocycles. The van der Waals surface area contributed by atoms with E-state index in [9.17, 15) is 13.2 Å². The highest BCUT2D eigenvalue weighted by atomic mass is 32.2. The van der Waals surface area contributed by atoms with Crippen molar-refractivity contribution in [2.45, 2.75) is 18.2 Å². The molecule has 3 aromatic rings. The van der Waals surface area contributed by atoms with E-state index >= 15 is 0 Å². The van der Waals surface area contributed by atoms with Gasteiger partial charge in [0.05, 0.1) is 24.1 Å². The highest BCUT2D eigenvalue weighted by Gasteiger charge is 2.14. The van der Waals surface area contributed by atoms with Crippen molar-refractivity contribution in [2.24, 2.45) is 0 Å². The fourth-order valence-electron chi connectivity index (χ4n) is 2.84. The predicted molar refractivity (Wildman–Crippen MR) is 114 cm³/mol. The van der Waals surface area contributed by atoms with Gasteiger partial charge in [0.15, 0.2) is 0 Å². The van der Waals surface area contributed by atoms with Crippen LogP contribution in [0.15, 0.2) is 77.7 Å². The van der Waals surface area contributed by atoms with E-state index in [0.717, 1.165) is 16.9 Å². The summed E-state index contributed by atoms with van der Waals surface area (Å²) in [4.78, 5) is 12.6. The van der Waals surface area contributed by atoms with Crippen molar-refractivity contribution in [3.8, 4) is 5.75 Å². The summed E-state index contributed by atoms with van der Waals surface area (Å²) in [5.74, 6) is 0.520. The normalized spacial score (nSPS) is 11.0. The Bertz CT molecular complexity index is 1110. The standard InChI is InChI=1S/C22H22N2O4S/c1-16-11-12-17(13-21(16)28-2)14-22(25)23-18-7-6-8-19(15-18)24-29(26,27)20-9-4-3-5-10-20/h3-13,15,24H,14H2,1-2H3,(H,23,25). The molecule has 7 heteroatoms. The monoisotopic (exact) mass is 410 g/mol. The Morgan fingerprint density at radius 3 is 2.38 bits per heavy atom. The molecular formula is C22H22N2O4S. The highest BCUT2D eigenvalue weighted by Crippen LogP contribution is 2.21. The molecule has 6 nitrogen and oxygen atoms in total. The van der Waals surface area contributed by atoms with Gasteiger partial charge in [-0.05, 0) is 54.4 Å². The third-order valence-electron chi connectivity index (χ3n) is 4.29. The minimum Gasteiger partial charge on any atom is -0.496 e. The fourth-order valence-corrected chi connectivity index (χ4v) is 3.91. The summed E-state index contributed by atoms with van der Waals surface area (Å²) in [6.07, 6.45) is 0.177. The second-order valence-electron chi connectivity index (χ2n) is 6.53. The first-order valence-electron chi connectivity index (χ1n) is 8.99. The fraction of sp³-hybridized carbons (Fsp3) is 0.136. The molecule has 0 heterocycles. The number of rotatable bonds is 7. The van der Waals surface area contributed by atoms with Gasteiger partial charge in [-0.2, -0.15) is 0 Å². The maximum atomic E-state index is 12.5. The maximum Gasteiger partial charge on any atom is 0.261 e. The molecule has 0 aliphatic rings. The number of ether oxygens (including phenoxy) is 1. The molecule has 0 radical (unpaired) electrons. The molecule has 0 unspecified atom stereocenters. The van der Waals surface area contributed by atoms with Crippen LogP contribution in [0.5, 0.6) is 5.75 Å². The van der Waals surface area contributed by atoms with Crippen molar-refractivity contribution in [1.29, 1.82) is 0 Å². The first-order chi connectivity index (χ1) is 13.9. The summed E-state index contributed by atoms with van der Waals surface area (Å²) in [6, 6.07) is 20.3. The molecule has 0 fully saturated rings. The Kier molecular flexibility index (Phi) is 6.19. The number of nitrogens with one attached hydrogen (secondary N) is 2.